The molecule has 0 radical (unpaired) electrons. The van der Waals surface area contributed by atoms with Crippen molar-refractivity contribution >= 4 is 50.7 Å². The fourth-order valence-electron chi connectivity index (χ4n) is 9.38. The highest BCUT2D eigenvalue weighted by atomic mass is 32.2. The molecule has 6 rings (SSSR count). The van der Waals surface area contributed by atoms with E-state index in [1.807, 2.05) is 77.2 Å². The molecule has 1 heterocycles. The summed E-state index contributed by atoms with van der Waals surface area (Å²) >= 11 is 0. The number of fused-ring (bicyclic) bond motifs is 1. The molecule has 5 aromatic rings. The largest absolute Gasteiger partial charge is 0.493 e. The number of ketones is 1. The molecule has 1 aliphatic heterocycles. The average molecular weight is 928 g/mol. The van der Waals surface area contributed by atoms with Crippen molar-refractivity contribution in [2.75, 3.05) is 36.7 Å². The highest BCUT2D eigenvalue weighted by Crippen LogP contribution is 2.42. The zero-order chi connectivity index (χ0) is 48.6. The third kappa shape index (κ3) is 12.4. The zero-order valence-corrected chi connectivity index (χ0v) is 41.9. The highest BCUT2D eigenvalue weighted by Gasteiger charge is 2.43. The van der Waals surface area contributed by atoms with E-state index in [-0.39, 0.29) is 30.4 Å². The Kier molecular flexibility index (Phi) is 16.9. The van der Waals surface area contributed by atoms with Crippen molar-refractivity contribution in [3.05, 3.63) is 142 Å². The molecule has 0 bridgehead atoms. The van der Waals surface area contributed by atoms with Crippen LogP contribution in [0, 0.1) is 37.5 Å². The normalized spacial score (nSPS) is 17.6. The molecule has 4 unspecified atom stereocenters. The van der Waals surface area contributed by atoms with E-state index < -0.39 is 33.2 Å². The molecule has 0 aromatic heterocycles. The van der Waals surface area contributed by atoms with Crippen LogP contribution in [0.5, 0.6) is 17.2 Å². The summed E-state index contributed by atoms with van der Waals surface area (Å²) in [5.74, 6) is 0.144. The van der Waals surface area contributed by atoms with Gasteiger partial charge in [-0.25, -0.2) is 0 Å². The van der Waals surface area contributed by atoms with Crippen molar-refractivity contribution < 1.29 is 32.0 Å². The number of anilines is 3. The highest BCUT2D eigenvalue weighted by molar-refractivity contribution is 7.86. The van der Waals surface area contributed by atoms with Crippen molar-refractivity contribution in [3.8, 4) is 17.2 Å². The summed E-state index contributed by atoms with van der Waals surface area (Å²) in [5, 5.41) is 8.77. The molecule has 0 spiro atoms. The van der Waals surface area contributed by atoms with Gasteiger partial charge in [0.1, 0.15) is 19.0 Å². The number of carbonyl (C=O) groups excluding carboxylic acids is 1. The van der Waals surface area contributed by atoms with Gasteiger partial charge in [-0.15, -0.1) is 0 Å². The van der Waals surface area contributed by atoms with Gasteiger partial charge in [-0.1, -0.05) is 102 Å². The first-order chi connectivity index (χ1) is 31.9. The molecular formula is C55H70BN3O7S. The number of methoxy groups -OCH3 is 1. The number of hydrogen-bond acceptors (Lipinski definition) is 9. The summed E-state index contributed by atoms with van der Waals surface area (Å²) in [6.07, 6.45) is 3.57. The maximum Gasteiger partial charge on any atom is 0.286 e. The predicted molar refractivity (Wildman–Crippen MR) is 278 cm³/mol. The Morgan fingerprint density at radius 1 is 0.881 bits per heavy atom. The summed E-state index contributed by atoms with van der Waals surface area (Å²) in [7, 11) is -1.28. The van der Waals surface area contributed by atoms with E-state index in [2.05, 4.69) is 86.4 Å². The van der Waals surface area contributed by atoms with Gasteiger partial charge in [-0.3, -0.25) is 9.35 Å². The van der Waals surface area contributed by atoms with Crippen LogP contribution >= 0.6 is 0 Å². The Hall–Kier alpha value is -5.72. The molecule has 0 fully saturated rings. The quantitative estimate of drug-likeness (QED) is 0.0441. The summed E-state index contributed by atoms with van der Waals surface area (Å²) in [5.41, 5.74) is 12.0. The first kappa shape index (κ1) is 50.7. The minimum absolute atomic E-state index is 0.122. The monoisotopic (exact) mass is 928 g/mol. The minimum Gasteiger partial charge on any atom is -0.493 e. The van der Waals surface area contributed by atoms with Crippen LogP contribution < -0.4 is 35.6 Å². The summed E-state index contributed by atoms with van der Waals surface area (Å²) in [4.78, 5) is 14.2. The molecule has 0 saturated heterocycles. The number of ether oxygens (including phenoxy) is 3. The van der Waals surface area contributed by atoms with Gasteiger partial charge in [0, 0.05) is 54.5 Å². The van der Waals surface area contributed by atoms with Crippen LogP contribution in [0.3, 0.4) is 0 Å². The number of rotatable bonds is 20. The van der Waals surface area contributed by atoms with Crippen LogP contribution in [-0.4, -0.2) is 51.5 Å². The maximum atomic E-state index is 14.2. The van der Waals surface area contributed by atoms with E-state index in [0.29, 0.717) is 30.4 Å². The van der Waals surface area contributed by atoms with Gasteiger partial charge in [-0.05, 0) is 126 Å². The van der Waals surface area contributed by atoms with E-state index in [1.165, 1.54) is 18.2 Å². The molecule has 67 heavy (non-hydrogen) atoms. The lowest BCUT2D eigenvalue weighted by Gasteiger charge is -2.37. The first-order valence-corrected chi connectivity index (χ1v) is 25.1. The Labute approximate surface area is 400 Å². The minimum atomic E-state index is -4.64. The van der Waals surface area contributed by atoms with E-state index in [1.54, 1.807) is 12.1 Å². The lowest BCUT2D eigenvalue weighted by molar-refractivity contribution is 0.0854. The molecule has 0 amide bonds. The number of nitrogens with one attached hydrogen (secondary N) is 3. The zero-order valence-electron chi connectivity index (χ0n) is 41.1. The smallest absolute Gasteiger partial charge is 0.286 e. The van der Waals surface area contributed by atoms with Gasteiger partial charge < -0.3 is 30.2 Å². The second kappa shape index (κ2) is 22.4. The fraction of sp³-hybridized carbons (Fsp3) is 0.400. The van der Waals surface area contributed by atoms with Crippen molar-refractivity contribution in [2.24, 2.45) is 23.7 Å². The lowest BCUT2D eigenvalue weighted by atomic mass is 9.49. The fourth-order valence-corrected chi connectivity index (χ4v) is 10.4. The summed E-state index contributed by atoms with van der Waals surface area (Å²) in [6, 6.07) is 30.0. The maximum absolute atomic E-state index is 14.2. The van der Waals surface area contributed by atoms with Crippen LogP contribution in [0.4, 0.5) is 17.1 Å². The topological polar surface area (TPSA) is 135 Å². The van der Waals surface area contributed by atoms with Gasteiger partial charge in [0.15, 0.2) is 29.4 Å². The van der Waals surface area contributed by atoms with Gasteiger partial charge in [0.05, 0.1) is 12.8 Å². The van der Waals surface area contributed by atoms with Crippen molar-refractivity contribution in [2.45, 2.75) is 99.5 Å². The van der Waals surface area contributed by atoms with E-state index in [0.717, 1.165) is 81.8 Å². The number of carbonyl (C=O) groups is 1. The molecule has 4 N–H and O–H groups in total. The lowest BCUT2D eigenvalue weighted by Crippen LogP contribution is -2.45. The Balaban J connectivity index is 1.25. The SMILES string of the molecule is C=C(C)c1cc(B(C)C)c(OCc2cc(COc3cc4c(cc3OC)C(=O)C(C)C(C)C(Cc3ccccc3C)C(S(=O)(=O)O)N4)cc(NC)c2)cc1NC[C@@H](CCC)Cc1ccccc1C. The summed E-state index contributed by atoms with van der Waals surface area (Å²) < 4.78 is 56.1. The van der Waals surface area contributed by atoms with Crippen LogP contribution in [0.1, 0.15) is 89.8 Å². The first-order valence-electron chi connectivity index (χ1n) is 23.6. The molecule has 0 saturated carbocycles. The van der Waals surface area contributed by atoms with Crippen LogP contribution in [0.25, 0.3) is 5.57 Å². The second-order valence-electron chi connectivity index (χ2n) is 18.8. The molecule has 10 nitrogen and oxygen atoms in total. The molecule has 0 aliphatic carbocycles. The van der Waals surface area contributed by atoms with Crippen molar-refractivity contribution in [3.63, 3.8) is 0 Å². The number of Topliss-reactive ketones (excluding diaryl/α,β-unsaturated/α-hetero) is 1. The summed E-state index contributed by atoms with van der Waals surface area (Å²) in [6.45, 7) is 22.3. The Morgan fingerprint density at radius 3 is 2.07 bits per heavy atom. The number of hydrogen-bond donors (Lipinski definition) is 4. The Bertz CT molecular complexity index is 2670. The second-order valence-corrected chi connectivity index (χ2v) is 20.4. The van der Waals surface area contributed by atoms with E-state index >= 15 is 0 Å². The molecule has 5 atom stereocenters. The molecular weight excluding hydrogens is 857 g/mol. The molecule has 12 heteroatoms. The number of aryl methyl sites for hydroxylation is 2. The van der Waals surface area contributed by atoms with Crippen LogP contribution in [0.2, 0.25) is 13.6 Å². The Morgan fingerprint density at radius 2 is 1.51 bits per heavy atom. The van der Waals surface area contributed by atoms with Crippen LogP contribution in [0.15, 0.2) is 97.6 Å². The third-order valence-electron chi connectivity index (χ3n) is 13.6. The standard InChI is InChI=1S/C55H70BN3O7S/c1-12-17-39(23-42-20-15-13-18-35(42)4)31-58-49-29-51(48(56(8)9)27-45(49)34(2)3)65-32-40-22-41(25-44(24-40)57-10)33-66-53-30-50-47(28-52(53)64-11)54(60)38(7)37(6)46(55(59-50)67(61,62)63)26-43-21-16-14-19-36(43)5/h13-16,18-22,24-25,27-30,37-39,46,55,57-59H,2,12,17,23,26,31-33H2,1,3-11H3,(H,61,62,63)/t37?,38?,39-,46?,55?/m0/s1. The van der Waals surface area contributed by atoms with Crippen molar-refractivity contribution in [1.29, 1.82) is 0 Å². The predicted octanol–water partition coefficient (Wildman–Crippen LogP) is 11.5. The van der Waals surface area contributed by atoms with Crippen LogP contribution in [-0.2, 0) is 36.2 Å². The number of benzene rings is 5. The van der Waals surface area contributed by atoms with Gasteiger partial charge in [0.2, 0.25) is 0 Å². The molecule has 5 aromatic carbocycles. The molecule has 356 valence electrons. The van der Waals surface area contributed by atoms with Gasteiger partial charge in [-0.2, -0.15) is 8.42 Å². The van der Waals surface area contributed by atoms with Crippen molar-refractivity contribution in [1.82, 2.24) is 0 Å². The van der Waals surface area contributed by atoms with E-state index in [9.17, 15) is 17.8 Å². The van der Waals surface area contributed by atoms with Gasteiger partial charge in [0.25, 0.3) is 10.1 Å². The van der Waals surface area contributed by atoms with E-state index in [4.69, 9.17) is 14.2 Å². The molecule has 1 aliphatic rings. The van der Waals surface area contributed by atoms with Gasteiger partial charge >= 0.3 is 0 Å². The average Bonchev–Trinajstić information content (AvgIpc) is 3.30. The number of allylic oxidation sites excluding steroid dienone is 1. The third-order valence-corrected chi connectivity index (χ3v) is 14.7.